The van der Waals surface area contributed by atoms with Crippen molar-refractivity contribution in [1.82, 2.24) is 0 Å². The van der Waals surface area contributed by atoms with E-state index in [0.717, 1.165) is 0 Å². The number of halogens is 1. The van der Waals surface area contributed by atoms with Crippen molar-refractivity contribution in [2.24, 2.45) is 11.0 Å². The zero-order valence-electron chi connectivity index (χ0n) is 5.08. The molecule has 0 amide bonds. The number of rotatable bonds is 3. The van der Waals surface area contributed by atoms with Crippen molar-refractivity contribution < 1.29 is 9.09 Å². The lowest BCUT2D eigenvalue weighted by molar-refractivity contribution is 0.316. The second kappa shape index (κ2) is 3.54. The summed E-state index contributed by atoms with van der Waals surface area (Å²) in [4.78, 5) is 0. The lowest BCUT2D eigenvalue weighted by atomic mass is 10.5. The molecule has 0 aromatic heterocycles. The van der Waals surface area contributed by atoms with E-state index in [4.69, 9.17) is 22.6 Å². The normalized spacial score (nSPS) is 15.6. The summed E-state index contributed by atoms with van der Waals surface area (Å²) in [6, 6.07) is 0. The van der Waals surface area contributed by atoms with Gasteiger partial charge >= 0.3 is 7.67 Å². The van der Waals surface area contributed by atoms with Crippen LogP contribution < -0.4 is 11.0 Å². The smallest absolute Gasteiger partial charge is 0.305 e. The number of hydrogen-bond donors (Lipinski definition) is 2. The Hall–Kier alpha value is 0.400. The van der Waals surface area contributed by atoms with Crippen LogP contribution in [0.2, 0.25) is 0 Å². The third-order valence-corrected chi connectivity index (χ3v) is 1.18. The van der Waals surface area contributed by atoms with Crippen LogP contribution in [0.4, 0.5) is 0 Å². The zero-order chi connectivity index (χ0) is 7.49. The molecule has 0 aliphatic carbocycles. The largest absolute Gasteiger partial charge is 0.335 e. The summed E-state index contributed by atoms with van der Waals surface area (Å²) in [6.45, 7) is 1.81. The molecule has 0 saturated heterocycles. The molecule has 0 rings (SSSR count). The first-order chi connectivity index (χ1) is 3.92. The molecule has 0 radical (unpaired) electrons. The average Bonchev–Trinajstić information content (AvgIpc) is 1.59. The van der Waals surface area contributed by atoms with Crippen LogP contribution in [0.1, 0.15) is 6.92 Å². The van der Waals surface area contributed by atoms with E-state index in [1.807, 2.05) is 0 Å². The molecule has 0 aromatic rings. The van der Waals surface area contributed by atoms with Gasteiger partial charge in [0.2, 0.25) is 0 Å². The van der Waals surface area contributed by atoms with Gasteiger partial charge in [-0.25, -0.2) is 11.0 Å². The quantitative estimate of drug-likeness (QED) is 0.484. The van der Waals surface area contributed by atoms with E-state index < -0.39 is 7.67 Å². The molecule has 0 aliphatic rings. The van der Waals surface area contributed by atoms with Crippen molar-refractivity contribution in [3.8, 4) is 0 Å². The molecule has 4 N–H and O–H groups in total. The van der Waals surface area contributed by atoms with Crippen LogP contribution >= 0.6 is 19.3 Å². The summed E-state index contributed by atoms with van der Waals surface area (Å²) < 4.78 is 14.9. The lowest BCUT2D eigenvalue weighted by Crippen LogP contribution is -2.12. The van der Waals surface area contributed by atoms with Crippen LogP contribution in [0.25, 0.3) is 0 Å². The minimum atomic E-state index is -3.30. The third kappa shape index (κ3) is 8.40. The maximum absolute atomic E-state index is 10.4. The molecule has 0 spiro atoms. The number of alkyl halides is 1. The van der Waals surface area contributed by atoms with E-state index in [0.29, 0.717) is 0 Å². The first-order valence-corrected chi connectivity index (χ1v) is 4.57. The Balaban J connectivity index is 3.40. The fourth-order valence-corrected chi connectivity index (χ4v) is 0.827. The average molecular weight is 173 g/mol. The SMILES string of the molecule is CC(Cl)COP(N)(N)=O. The van der Waals surface area contributed by atoms with Gasteiger partial charge in [-0.15, -0.1) is 11.6 Å². The molecule has 1 atom stereocenters. The second-order valence-electron chi connectivity index (χ2n) is 1.72. The second-order valence-corrected chi connectivity index (χ2v) is 4.02. The van der Waals surface area contributed by atoms with Crippen molar-refractivity contribution in [3.05, 3.63) is 0 Å². The third-order valence-electron chi connectivity index (χ3n) is 0.506. The van der Waals surface area contributed by atoms with Crippen LogP contribution in [-0.4, -0.2) is 12.0 Å². The Labute approximate surface area is 59.1 Å². The van der Waals surface area contributed by atoms with E-state index in [1.165, 1.54) is 0 Å². The standard InChI is InChI=1S/C3H10ClN2O2P/c1-3(4)2-8-9(5,6)7/h3H,2H2,1H3,(H4,5,6,7). The van der Waals surface area contributed by atoms with Gasteiger partial charge in [0, 0.05) is 0 Å². The molecule has 0 fully saturated rings. The van der Waals surface area contributed by atoms with Gasteiger partial charge in [0.1, 0.15) is 0 Å². The van der Waals surface area contributed by atoms with Crippen LogP contribution in [0.15, 0.2) is 0 Å². The van der Waals surface area contributed by atoms with Gasteiger partial charge in [-0.2, -0.15) is 0 Å². The molecule has 0 saturated carbocycles. The van der Waals surface area contributed by atoms with E-state index in [1.54, 1.807) is 6.92 Å². The highest BCUT2D eigenvalue weighted by Crippen LogP contribution is 2.26. The molecular formula is C3H10ClN2O2P. The van der Waals surface area contributed by atoms with Crippen molar-refractivity contribution >= 4 is 19.3 Å². The number of hydrogen-bond acceptors (Lipinski definition) is 2. The van der Waals surface area contributed by atoms with E-state index >= 15 is 0 Å². The first kappa shape index (κ1) is 9.40. The van der Waals surface area contributed by atoms with Gasteiger partial charge < -0.3 is 4.52 Å². The first-order valence-electron chi connectivity index (χ1n) is 2.37. The molecule has 0 bridgehead atoms. The molecule has 0 aromatic carbocycles. The highest BCUT2D eigenvalue weighted by molar-refractivity contribution is 7.53. The summed E-state index contributed by atoms with van der Waals surface area (Å²) in [6.07, 6.45) is 0. The number of nitrogens with two attached hydrogens (primary N) is 2. The molecule has 0 aliphatic heterocycles. The summed E-state index contributed by atoms with van der Waals surface area (Å²) in [5.74, 6) is 0. The zero-order valence-corrected chi connectivity index (χ0v) is 6.73. The van der Waals surface area contributed by atoms with Gasteiger partial charge in [0.25, 0.3) is 0 Å². The maximum Gasteiger partial charge on any atom is 0.335 e. The van der Waals surface area contributed by atoms with Gasteiger partial charge in [-0.1, -0.05) is 0 Å². The van der Waals surface area contributed by atoms with Gasteiger partial charge in [0.05, 0.1) is 12.0 Å². The highest BCUT2D eigenvalue weighted by Gasteiger charge is 2.09. The summed E-state index contributed by atoms with van der Waals surface area (Å²) >= 11 is 5.43. The Kier molecular flexibility index (Phi) is 3.70. The van der Waals surface area contributed by atoms with E-state index in [2.05, 4.69) is 4.52 Å². The fourth-order valence-electron chi connectivity index (χ4n) is 0.219. The topological polar surface area (TPSA) is 78.3 Å². The molecule has 56 valence electrons. The van der Waals surface area contributed by atoms with Crippen LogP contribution in [0.3, 0.4) is 0 Å². The molecular weight excluding hydrogens is 162 g/mol. The van der Waals surface area contributed by atoms with Crippen LogP contribution in [0.5, 0.6) is 0 Å². The van der Waals surface area contributed by atoms with E-state index in [9.17, 15) is 4.57 Å². The molecule has 6 heteroatoms. The van der Waals surface area contributed by atoms with Crippen molar-refractivity contribution in [1.29, 1.82) is 0 Å². The van der Waals surface area contributed by atoms with E-state index in [-0.39, 0.29) is 12.0 Å². The van der Waals surface area contributed by atoms with Gasteiger partial charge in [-0.05, 0) is 6.92 Å². The monoisotopic (exact) mass is 172 g/mol. The molecule has 1 unspecified atom stereocenters. The Morgan fingerprint density at radius 1 is 1.78 bits per heavy atom. The summed E-state index contributed by atoms with van der Waals surface area (Å²) in [5.41, 5.74) is 9.67. The van der Waals surface area contributed by atoms with Crippen molar-refractivity contribution in [3.63, 3.8) is 0 Å². The maximum atomic E-state index is 10.4. The molecule has 9 heavy (non-hydrogen) atoms. The van der Waals surface area contributed by atoms with Gasteiger partial charge in [-0.3, -0.25) is 4.57 Å². The predicted octanol–water partition coefficient (Wildman–Crippen LogP) is 0.656. The fraction of sp³-hybridized carbons (Fsp3) is 1.00. The predicted molar refractivity (Wildman–Crippen MR) is 37.2 cm³/mol. The Bertz CT molecular complexity index is 123. The van der Waals surface area contributed by atoms with Crippen molar-refractivity contribution in [2.45, 2.75) is 12.3 Å². The Morgan fingerprint density at radius 3 is 2.33 bits per heavy atom. The van der Waals surface area contributed by atoms with Crippen molar-refractivity contribution in [2.75, 3.05) is 6.61 Å². The summed E-state index contributed by atoms with van der Waals surface area (Å²) in [7, 11) is -3.30. The summed E-state index contributed by atoms with van der Waals surface area (Å²) in [5, 5.41) is -0.217. The van der Waals surface area contributed by atoms with Crippen LogP contribution in [-0.2, 0) is 9.09 Å². The highest BCUT2D eigenvalue weighted by atomic mass is 35.5. The van der Waals surface area contributed by atoms with Gasteiger partial charge in [0.15, 0.2) is 0 Å². The Morgan fingerprint density at radius 2 is 2.22 bits per heavy atom. The molecule has 4 nitrogen and oxygen atoms in total. The minimum Gasteiger partial charge on any atom is -0.305 e. The van der Waals surface area contributed by atoms with Crippen LogP contribution in [0, 0.1) is 0 Å². The molecule has 0 heterocycles. The minimum absolute atomic E-state index is 0.117. The lowest BCUT2D eigenvalue weighted by Gasteiger charge is -2.07.